The van der Waals surface area contributed by atoms with Crippen LogP contribution in [0.15, 0.2) is 47.6 Å². The fourth-order valence-corrected chi connectivity index (χ4v) is 3.59. The second kappa shape index (κ2) is 9.61. The van der Waals surface area contributed by atoms with E-state index in [9.17, 15) is 14.9 Å². The number of nitro benzene ring substituents is 1. The molecular formula is C21H23N5O4S. The predicted octanol–water partition coefficient (Wildman–Crippen LogP) is 4.21. The number of hydrogen-bond acceptors (Lipinski definition) is 7. The molecule has 9 nitrogen and oxygen atoms in total. The van der Waals surface area contributed by atoms with Crippen molar-refractivity contribution in [3.05, 3.63) is 69.5 Å². The normalized spacial score (nSPS) is 11.7. The van der Waals surface area contributed by atoms with Crippen molar-refractivity contribution in [1.29, 1.82) is 0 Å². The van der Waals surface area contributed by atoms with E-state index in [1.54, 1.807) is 10.6 Å². The highest BCUT2D eigenvalue weighted by atomic mass is 32.2. The summed E-state index contributed by atoms with van der Waals surface area (Å²) in [5, 5.41) is 22.4. The van der Waals surface area contributed by atoms with Crippen molar-refractivity contribution in [3.63, 3.8) is 0 Å². The van der Waals surface area contributed by atoms with Gasteiger partial charge < -0.3 is 14.6 Å². The number of hydrogen-bond donors (Lipinski definition) is 1. The van der Waals surface area contributed by atoms with Gasteiger partial charge in [-0.2, -0.15) is 0 Å². The number of carbonyl (C=O) groups is 1. The first-order valence-electron chi connectivity index (χ1n) is 9.55. The lowest BCUT2D eigenvalue weighted by atomic mass is 10.1. The van der Waals surface area contributed by atoms with Crippen LogP contribution in [0.5, 0.6) is 5.75 Å². The van der Waals surface area contributed by atoms with Gasteiger partial charge in [0.2, 0.25) is 5.91 Å². The van der Waals surface area contributed by atoms with Crippen LogP contribution >= 0.6 is 11.8 Å². The quantitative estimate of drug-likeness (QED) is 0.316. The summed E-state index contributed by atoms with van der Waals surface area (Å²) in [7, 11) is 1.82. The number of aryl methyl sites for hydroxylation is 2. The van der Waals surface area contributed by atoms with Crippen LogP contribution in [0.25, 0.3) is 0 Å². The lowest BCUT2D eigenvalue weighted by Gasteiger charge is -2.15. The molecule has 0 spiro atoms. The van der Waals surface area contributed by atoms with Gasteiger partial charge in [0.1, 0.15) is 5.75 Å². The van der Waals surface area contributed by atoms with Gasteiger partial charge >= 0.3 is 0 Å². The molecule has 1 N–H and O–H groups in total. The number of aromatic nitrogens is 3. The molecule has 0 aliphatic rings. The molecule has 1 atom stereocenters. The predicted molar refractivity (Wildman–Crippen MR) is 118 cm³/mol. The van der Waals surface area contributed by atoms with Gasteiger partial charge in [-0.3, -0.25) is 14.9 Å². The summed E-state index contributed by atoms with van der Waals surface area (Å²) < 4.78 is 7.79. The van der Waals surface area contributed by atoms with E-state index in [0.29, 0.717) is 16.7 Å². The Balaban J connectivity index is 1.59. The Labute approximate surface area is 184 Å². The minimum atomic E-state index is -0.507. The van der Waals surface area contributed by atoms with Crippen LogP contribution in [0.3, 0.4) is 0 Å². The van der Waals surface area contributed by atoms with E-state index in [1.807, 2.05) is 46.0 Å². The van der Waals surface area contributed by atoms with Crippen molar-refractivity contribution < 1.29 is 14.5 Å². The van der Waals surface area contributed by atoms with Gasteiger partial charge in [0.25, 0.3) is 5.69 Å². The number of nitrogens with zero attached hydrogens (tertiary/aromatic N) is 4. The largest absolute Gasteiger partial charge is 0.483 e. The number of carbonyl (C=O) groups excluding carboxylic acids is 1. The lowest BCUT2D eigenvalue weighted by Crippen LogP contribution is -2.15. The molecule has 162 valence electrons. The standard InChI is InChI=1S/C21H23N5O4S/c1-13-8-9-18(10-14(13)2)30-15(3)20-23-24-21(25(20)4)31-12-19(27)22-16-6-5-7-17(11-16)26(28)29/h5-11,15H,12H2,1-4H3,(H,22,27). The van der Waals surface area contributed by atoms with Crippen LogP contribution in [-0.2, 0) is 11.8 Å². The summed E-state index contributed by atoms with van der Waals surface area (Å²) >= 11 is 1.22. The van der Waals surface area contributed by atoms with Gasteiger partial charge in [0.05, 0.1) is 10.7 Å². The third-order valence-electron chi connectivity index (χ3n) is 4.70. The number of thioether (sulfide) groups is 1. The summed E-state index contributed by atoms with van der Waals surface area (Å²) in [6.45, 7) is 5.97. The minimum absolute atomic E-state index is 0.0823. The number of benzene rings is 2. The first-order valence-corrected chi connectivity index (χ1v) is 10.5. The first kappa shape index (κ1) is 22.3. The molecule has 3 rings (SSSR count). The maximum absolute atomic E-state index is 12.2. The van der Waals surface area contributed by atoms with Crippen molar-refractivity contribution in [3.8, 4) is 5.75 Å². The van der Waals surface area contributed by atoms with Gasteiger partial charge in [-0.15, -0.1) is 10.2 Å². The smallest absolute Gasteiger partial charge is 0.271 e. The Morgan fingerprint density at radius 3 is 2.71 bits per heavy atom. The van der Waals surface area contributed by atoms with Crippen LogP contribution in [-0.4, -0.2) is 31.3 Å². The molecule has 0 radical (unpaired) electrons. The monoisotopic (exact) mass is 441 g/mol. The highest BCUT2D eigenvalue weighted by Gasteiger charge is 2.18. The summed E-state index contributed by atoms with van der Waals surface area (Å²) in [4.78, 5) is 22.6. The number of nitrogens with one attached hydrogen (secondary N) is 1. The zero-order valence-electron chi connectivity index (χ0n) is 17.7. The maximum atomic E-state index is 12.2. The van der Waals surface area contributed by atoms with Crippen LogP contribution in [0.1, 0.15) is 30.0 Å². The van der Waals surface area contributed by atoms with Crippen molar-refractivity contribution in [2.45, 2.75) is 32.0 Å². The van der Waals surface area contributed by atoms with Crippen LogP contribution in [0.4, 0.5) is 11.4 Å². The summed E-state index contributed by atoms with van der Waals surface area (Å²) in [6.07, 6.45) is -0.326. The molecule has 1 amide bonds. The Bertz CT molecular complexity index is 1110. The highest BCUT2D eigenvalue weighted by Crippen LogP contribution is 2.25. The zero-order chi connectivity index (χ0) is 22.5. The van der Waals surface area contributed by atoms with Crippen LogP contribution in [0, 0.1) is 24.0 Å². The molecule has 1 unspecified atom stereocenters. The Hall–Kier alpha value is -3.40. The van der Waals surface area contributed by atoms with E-state index in [4.69, 9.17) is 4.74 Å². The van der Waals surface area contributed by atoms with E-state index in [2.05, 4.69) is 15.5 Å². The number of ether oxygens (including phenoxy) is 1. The van der Waals surface area contributed by atoms with Crippen molar-refractivity contribution in [2.24, 2.45) is 7.05 Å². The summed E-state index contributed by atoms with van der Waals surface area (Å²) in [6, 6.07) is 11.7. The molecule has 2 aromatic carbocycles. The average Bonchev–Trinajstić information content (AvgIpc) is 3.10. The highest BCUT2D eigenvalue weighted by molar-refractivity contribution is 7.99. The molecule has 31 heavy (non-hydrogen) atoms. The summed E-state index contributed by atoms with van der Waals surface area (Å²) in [5.41, 5.74) is 2.63. The van der Waals surface area contributed by atoms with E-state index < -0.39 is 4.92 Å². The third-order valence-corrected chi connectivity index (χ3v) is 5.72. The maximum Gasteiger partial charge on any atom is 0.271 e. The summed E-state index contributed by atoms with van der Waals surface area (Å²) in [5.74, 6) is 1.18. The second-order valence-corrected chi connectivity index (χ2v) is 7.99. The molecule has 0 bridgehead atoms. The number of nitro groups is 1. The molecule has 3 aromatic rings. The Morgan fingerprint density at radius 2 is 2.00 bits per heavy atom. The zero-order valence-corrected chi connectivity index (χ0v) is 18.5. The molecule has 1 heterocycles. The number of anilines is 1. The van der Waals surface area contributed by atoms with E-state index in [-0.39, 0.29) is 23.5 Å². The molecule has 10 heteroatoms. The second-order valence-electron chi connectivity index (χ2n) is 7.05. The number of rotatable bonds is 8. The van der Waals surface area contributed by atoms with Crippen molar-refractivity contribution in [2.75, 3.05) is 11.1 Å². The third kappa shape index (κ3) is 5.60. The topological polar surface area (TPSA) is 112 Å². The molecule has 0 aliphatic carbocycles. The van der Waals surface area contributed by atoms with Crippen LogP contribution < -0.4 is 10.1 Å². The van der Waals surface area contributed by atoms with Gasteiger partial charge in [-0.1, -0.05) is 23.9 Å². The van der Waals surface area contributed by atoms with Gasteiger partial charge in [-0.05, 0) is 50.1 Å². The minimum Gasteiger partial charge on any atom is -0.483 e. The van der Waals surface area contributed by atoms with E-state index in [1.165, 1.54) is 35.5 Å². The molecule has 0 aliphatic heterocycles. The number of amides is 1. The molecule has 0 saturated carbocycles. The molecular weight excluding hydrogens is 418 g/mol. The average molecular weight is 442 g/mol. The van der Waals surface area contributed by atoms with E-state index in [0.717, 1.165) is 11.3 Å². The molecule has 1 aromatic heterocycles. The molecule has 0 fully saturated rings. The molecule has 0 saturated heterocycles. The SMILES string of the molecule is Cc1ccc(OC(C)c2nnc(SCC(=O)Nc3cccc([N+](=O)[O-])c3)n2C)cc1C. The lowest BCUT2D eigenvalue weighted by molar-refractivity contribution is -0.384. The Kier molecular flexibility index (Phi) is 6.91. The van der Waals surface area contributed by atoms with Gasteiger partial charge in [-0.25, -0.2) is 0 Å². The number of non-ortho nitro benzene ring substituents is 1. The Morgan fingerprint density at radius 1 is 1.23 bits per heavy atom. The fourth-order valence-electron chi connectivity index (χ4n) is 2.87. The van der Waals surface area contributed by atoms with Gasteiger partial charge in [0.15, 0.2) is 17.1 Å². The van der Waals surface area contributed by atoms with Crippen LogP contribution in [0.2, 0.25) is 0 Å². The van der Waals surface area contributed by atoms with E-state index >= 15 is 0 Å². The first-order chi connectivity index (χ1) is 14.7. The fraction of sp³-hybridized carbons (Fsp3) is 0.286. The van der Waals surface area contributed by atoms with Crippen molar-refractivity contribution in [1.82, 2.24) is 14.8 Å². The van der Waals surface area contributed by atoms with Crippen molar-refractivity contribution >= 4 is 29.0 Å². The van der Waals surface area contributed by atoms with Gasteiger partial charge in [0, 0.05) is 24.9 Å².